The van der Waals surface area contributed by atoms with Gasteiger partial charge >= 0.3 is 0 Å². The molecule has 1 aliphatic rings. The van der Waals surface area contributed by atoms with Crippen LogP contribution in [0.4, 0.5) is 0 Å². The summed E-state index contributed by atoms with van der Waals surface area (Å²) in [4.78, 5) is 4.46. The van der Waals surface area contributed by atoms with E-state index in [4.69, 9.17) is 4.52 Å². The zero-order valence-corrected chi connectivity index (χ0v) is 13.5. The fourth-order valence-corrected chi connectivity index (χ4v) is 3.66. The summed E-state index contributed by atoms with van der Waals surface area (Å²) in [6.07, 6.45) is 2.91. The van der Waals surface area contributed by atoms with Crippen molar-refractivity contribution in [3.05, 3.63) is 35.7 Å². The Labute approximate surface area is 130 Å². The highest BCUT2D eigenvalue weighted by Crippen LogP contribution is 2.28. The van der Waals surface area contributed by atoms with Crippen molar-refractivity contribution in [1.82, 2.24) is 14.4 Å². The van der Waals surface area contributed by atoms with E-state index in [-0.39, 0.29) is 5.92 Å². The summed E-state index contributed by atoms with van der Waals surface area (Å²) in [6, 6.07) is 7.89. The topological polar surface area (TPSA) is 76.3 Å². The zero-order chi connectivity index (χ0) is 15.7. The van der Waals surface area contributed by atoms with Crippen molar-refractivity contribution in [2.75, 3.05) is 19.3 Å². The Morgan fingerprint density at radius 3 is 2.91 bits per heavy atom. The summed E-state index contributed by atoms with van der Waals surface area (Å²) in [5, 5.41) is 4.04. The summed E-state index contributed by atoms with van der Waals surface area (Å²) in [5.41, 5.74) is 2.04. The van der Waals surface area contributed by atoms with E-state index < -0.39 is 10.0 Å². The van der Waals surface area contributed by atoms with E-state index in [0.29, 0.717) is 24.8 Å². The van der Waals surface area contributed by atoms with Gasteiger partial charge in [0.2, 0.25) is 21.7 Å². The molecule has 0 spiro atoms. The second-order valence-electron chi connectivity index (χ2n) is 5.79. The standard InChI is InChI=1S/C15H19N3O3S/c1-11-5-3-6-12(9-11)14-16-15(21-17-14)13-7-4-8-18(10-13)22(2,19)20/h3,5-6,9,13H,4,7-8,10H2,1-2H3/t13-/m1/s1. The number of hydrogen-bond donors (Lipinski definition) is 0. The van der Waals surface area contributed by atoms with Crippen LogP contribution in [0.3, 0.4) is 0 Å². The Balaban J connectivity index is 1.82. The number of piperidine rings is 1. The number of sulfonamides is 1. The van der Waals surface area contributed by atoms with Crippen molar-refractivity contribution in [1.29, 1.82) is 0 Å². The molecule has 1 aromatic carbocycles. The minimum Gasteiger partial charge on any atom is -0.339 e. The van der Waals surface area contributed by atoms with E-state index in [1.54, 1.807) is 0 Å². The Morgan fingerprint density at radius 2 is 2.18 bits per heavy atom. The molecule has 1 aliphatic heterocycles. The third kappa shape index (κ3) is 3.20. The molecule has 1 aromatic heterocycles. The number of hydrogen-bond acceptors (Lipinski definition) is 5. The van der Waals surface area contributed by atoms with E-state index in [2.05, 4.69) is 10.1 Å². The first kappa shape index (κ1) is 15.2. The van der Waals surface area contributed by atoms with E-state index in [1.807, 2.05) is 31.2 Å². The van der Waals surface area contributed by atoms with Gasteiger partial charge in [0.25, 0.3) is 0 Å². The van der Waals surface area contributed by atoms with Gasteiger partial charge in [0.1, 0.15) is 0 Å². The van der Waals surface area contributed by atoms with Gasteiger partial charge in [-0.3, -0.25) is 0 Å². The third-order valence-electron chi connectivity index (χ3n) is 3.92. The predicted octanol–water partition coefficient (Wildman–Crippen LogP) is 2.18. The SMILES string of the molecule is Cc1cccc(-c2noc([C@@H]3CCCN(S(C)(=O)=O)C3)n2)c1. The lowest BCUT2D eigenvalue weighted by molar-refractivity contribution is 0.266. The fraction of sp³-hybridized carbons (Fsp3) is 0.467. The van der Waals surface area contributed by atoms with E-state index >= 15 is 0 Å². The fourth-order valence-electron chi connectivity index (χ4n) is 2.75. The first-order valence-corrected chi connectivity index (χ1v) is 9.14. The number of nitrogens with zero attached hydrogens (tertiary/aromatic N) is 3. The quantitative estimate of drug-likeness (QED) is 0.866. The lowest BCUT2D eigenvalue weighted by atomic mass is 10.00. The minimum absolute atomic E-state index is 0.0328. The van der Waals surface area contributed by atoms with Crippen LogP contribution in [0.1, 0.15) is 30.2 Å². The van der Waals surface area contributed by atoms with Crippen molar-refractivity contribution in [3.63, 3.8) is 0 Å². The molecule has 0 unspecified atom stereocenters. The second-order valence-corrected chi connectivity index (χ2v) is 7.77. The lowest BCUT2D eigenvalue weighted by Crippen LogP contribution is -2.38. The zero-order valence-electron chi connectivity index (χ0n) is 12.7. The molecular formula is C15H19N3O3S. The van der Waals surface area contributed by atoms with Crippen molar-refractivity contribution in [2.24, 2.45) is 0 Å². The van der Waals surface area contributed by atoms with Gasteiger partial charge in [-0.25, -0.2) is 12.7 Å². The molecule has 118 valence electrons. The summed E-state index contributed by atoms with van der Waals surface area (Å²) in [7, 11) is -3.17. The van der Waals surface area contributed by atoms with Gasteiger partial charge in [-0.2, -0.15) is 4.98 Å². The maximum absolute atomic E-state index is 11.7. The first-order valence-electron chi connectivity index (χ1n) is 7.29. The molecule has 0 radical (unpaired) electrons. The second kappa shape index (κ2) is 5.81. The van der Waals surface area contributed by atoms with Crippen LogP contribution in [-0.2, 0) is 10.0 Å². The lowest BCUT2D eigenvalue weighted by Gasteiger charge is -2.28. The van der Waals surface area contributed by atoms with Gasteiger partial charge in [-0.1, -0.05) is 28.9 Å². The average Bonchev–Trinajstić information content (AvgIpc) is 2.96. The molecule has 1 fully saturated rings. The molecule has 6 nitrogen and oxygen atoms in total. The third-order valence-corrected chi connectivity index (χ3v) is 5.19. The van der Waals surface area contributed by atoms with Crippen LogP contribution >= 0.6 is 0 Å². The molecule has 0 N–H and O–H groups in total. The van der Waals surface area contributed by atoms with E-state index in [0.717, 1.165) is 24.0 Å². The molecular weight excluding hydrogens is 302 g/mol. The Hall–Kier alpha value is -1.73. The number of aryl methyl sites for hydroxylation is 1. The summed E-state index contributed by atoms with van der Waals surface area (Å²) in [6.45, 7) is 2.98. The number of aromatic nitrogens is 2. The predicted molar refractivity (Wildman–Crippen MR) is 82.9 cm³/mol. The van der Waals surface area contributed by atoms with Crippen molar-refractivity contribution >= 4 is 10.0 Å². The molecule has 1 saturated heterocycles. The molecule has 22 heavy (non-hydrogen) atoms. The van der Waals surface area contributed by atoms with Crippen LogP contribution in [0, 0.1) is 6.92 Å². The molecule has 0 bridgehead atoms. The number of benzene rings is 1. The van der Waals surface area contributed by atoms with Gasteiger partial charge < -0.3 is 4.52 Å². The summed E-state index contributed by atoms with van der Waals surface area (Å²) in [5.74, 6) is 1.04. The van der Waals surface area contributed by atoms with Crippen LogP contribution in [0.15, 0.2) is 28.8 Å². The van der Waals surface area contributed by atoms with Gasteiger partial charge in [0.05, 0.1) is 12.2 Å². The molecule has 2 aromatic rings. The minimum atomic E-state index is -3.17. The van der Waals surface area contributed by atoms with E-state index in [9.17, 15) is 8.42 Å². The normalized spacial score (nSPS) is 20.2. The Morgan fingerprint density at radius 1 is 1.36 bits per heavy atom. The van der Waals surface area contributed by atoms with Crippen LogP contribution in [0.25, 0.3) is 11.4 Å². The smallest absolute Gasteiger partial charge is 0.231 e. The van der Waals surface area contributed by atoms with Gasteiger partial charge in [0.15, 0.2) is 0 Å². The average molecular weight is 321 g/mol. The molecule has 3 rings (SSSR count). The highest BCUT2D eigenvalue weighted by Gasteiger charge is 2.30. The van der Waals surface area contributed by atoms with Crippen LogP contribution in [-0.4, -0.2) is 42.2 Å². The van der Waals surface area contributed by atoms with Gasteiger partial charge in [0, 0.05) is 18.7 Å². The van der Waals surface area contributed by atoms with Crippen LogP contribution < -0.4 is 0 Å². The number of rotatable bonds is 3. The molecule has 1 atom stereocenters. The van der Waals surface area contributed by atoms with Crippen molar-refractivity contribution in [3.8, 4) is 11.4 Å². The van der Waals surface area contributed by atoms with Crippen molar-refractivity contribution in [2.45, 2.75) is 25.7 Å². The Bertz CT molecular complexity index is 770. The molecule has 0 aliphatic carbocycles. The molecule has 7 heteroatoms. The highest BCUT2D eigenvalue weighted by molar-refractivity contribution is 7.88. The summed E-state index contributed by atoms with van der Waals surface area (Å²) < 4.78 is 30.2. The summed E-state index contributed by atoms with van der Waals surface area (Å²) >= 11 is 0. The Kier molecular flexibility index (Phi) is 4.01. The van der Waals surface area contributed by atoms with E-state index in [1.165, 1.54) is 10.6 Å². The highest BCUT2D eigenvalue weighted by atomic mass is 32.2. The van der Waals surface area contributed by atoms with Crippen molar-refractivity contribution < 1.29 is 12.9 Å². The monoisotopic (exact) mass is 321 g/mol. The first-order chi connectivity index (χ1) is 10.4. The maximum atomic E-state index is 11.7. The molecule has 0 saturated carbocycles. The molecule has 2 heterocycles. The van der Waals surface area contributed by atoms with Gasteiger partial charge in [-0.05, 0) is 25.8 Å². The molecule has 0 amide bonds. The van der Waals surface area contributed by atoms with Crippen LogP contribution in [0.2, 0.25) is 0 Å². The largest absolute Gasteiger partial charge is 0.339 e. The van der Waals surface area contributed by atoms with Crippen LogP contribution in [0.5, 0.6) is 0 Å². The maximum Gasteiger partial charge on any atom is 0.231 e. The van der Waals surface area contributed by atoms with Gasteiger partial charge in [-0.15, -0.1) is 0 Å².